The largest absolute Gasteiger partial charge is 0.383 e. The van der Waals surface area contributed by atoms with Crippen LogP contribution in [-0.2, 0) is 9.47 Å². The van der Waals surface area contributed by atoms with Crippen LogP contribution in [0.4, 0.5) is 0 Å². The third-order valence-electron chi connectivity index (χ3n) is 3.98. The van der Waals surface area contributed by atoms with Crippen molar-refractivity contribution in [2.24, 2.45) is 0 Å². The predicted molar refractivity (Wildman–Crippen MR) is 75.0 cm³/mol. The molecule has 1 aliphatic rings. The standard InChI is InChI=1S/C14H30N2O2/c1-15-13-7-5-4-6-8-14(13)16(9-11-17-2)10-12-18-3/h13-15H,4-12H2,1-3H3. The van der Waals surface area contributed by atoms with Gasteiger partial charge in [0.25, 0.3) is 0 Å². The van der Waals surface area contributed by atoms with Crippen molar-refractivity contribution < 1.29 is 9.47 Å². The van der Waals surface area contributed by atoms with Crippen LogP contribution in [0, 0.1) is 0 Å². The van der Waals surface area contributed by atoms with Gasteiger partial charge in [0.15, 0.2) is 0 Å². The predicted octanol–water partition coefficient (Wildman–Crippen LogP) is 1.50. The van der Waals surface area contributed by atoms with Crippen LogP contribution in [0.3, 0.4) is 0 Å². The lowest BCUT2D eigenvalue weighted by molar-refractivity contribution is 0.0716. The van der Waals surface area contributed by atoms with Gasteiger partial charge in [-0.05, 0) is 19.9 Å². The summed E-state index contributed by atoms with van der Waals surface area (Å²) in [5.74, 6) is 0. The molecule has 4 heteroatoms. The van der Waals surface area contributed by atoms with E-state index in [9.17, 15) is 0 Å². The molecule has 0 aliphatic heterocycles. The minimum absolute atomic E-state index is 0.612. The Balaban J connectivity index is 2.59. The molecule has 2 unspecified atom stereocenters. The van der Waals surface area contributed by atoms with Crippen LogP contribution in [0.25, 0.3) is 0 Å². The van der Waals surface area contributed by atoms with Gasteiger partial charge in [0.05, 0.1) is 13.2 Å². The maximum atomic E-state index is 5.24. The molecule has 0 bridgehead atoms. The minimum Gasteiger partial charge on any atom is -0.383 e. The van der Waals surface area contributed by atoms with Gasteiger partial charge in [0, 0.05) is 39.4 Å². The second kappa shape index (κ2) is 9.73. The number of likely N-dealkylation sites (N-methyl/N-ethyl adjacent to an activating group) is 1. The zero-order valence-corrected chi connectivity index (χ0v) is 12.3. The zero-order chi connectivity index (χ0) is 13.2. The minimum atomic E-state index is 0.612. The molecule has 0 amide bonds. The molecular weight excluding hydrogens is 228 g/mol. The Bertz CT molecular complexity index is 194. The molecule has 0 saturated heterocycles. The molecule has 1 saturated carbocycles. The SMILES string of the molecule is CNC1CCCCCC1N(CCOC)CCOC. The highest BCUT2D eigenvalue weighted by atomic mass is 16.5. The fourth-order valence-corrected chi connectivity index (χ4v) is 2.92. The number of ether oxygens (including phenoxy) is 2. The lowest BCUT2D eigenvalue weighted by atomic mass is 10.0. The van der Waals surface area contributed by atoms with Crippen molar-refractivity contribution in [2.45, 2.75) is 44.2 Å². The number of rotatable bonds is 8. The van der Waals surface area contributed by atoms with Crippen LogP contribution >= 0.6 is 0 Å². The topological polar surface area (TPSA) is 33.7 Å². The van der Waals surface area contributed by atoms with E-state index < -0.39 is 0 Å². The third kappa shape index (κ3) is 5.22. The summed E-state index contributed by atoms with van der Waals surface area (Å²) in [5.41, 5.74) is 0. The number of methoxy groups -OCH3 is 2. The molecule has 0 radical (unpaired) electrons. The lowest BCUT2D eigenvalue weighted by Gasteiger charge is -2.36. The average molecular weight is 258 g/mol. The second-order valence-electron chi connectivity index (χ2n) is 5.12. The fourth-order valence-electron chi connectivity index (χ4n) is 2.92. The Kier molecular flexibility index (Phi) is 8.59. The van der Waals surface area contributed by atoms with Gasteiger partial charge in [0.2, 0.25) is 0 Å². The summed E-state index contributed by atoms with van der Waals surface area (Å²) in [5, 5.41) is 3.50. The van der Waals surface area contributed by atoms with E-state index in [0.29, 0.717) is 12.1 Å². The Morgan fingerprint density at radius 3 is 2.17 bits per heavy atom. The van der Waals surface area contributed by atoms with Gasteiger partial charge in [-0.3, -0.25) is 4.90 Å². The Morgan fingerprint density at radius 1 is 1.00 bits per heavy atom. The highest BCUT2D eigenvalue weighted by Gasteiger charge is 2.27. The highest BCUT2D eigenvalue weighted by Crippen LogP contribution is 2.22. The molecule has 1 fully saturated rings. The van der Waals surface area contributed by atoms with Crippen LogP contribution in [-0.4, -0.2) is 64.6 Å². The van der Waals surface area contributed by atoms with Crippen LogP contribution < -0.4 is 5.32 Å². The first-order valence-corrected chi connectivity index (χ1v) is 7.22. The van der Waals surface area contributed by atoms with Crippen molar-refractivity contribution in [3.8, 4) is 0 Å². The first-order valence-electron chi connectivity index (χ1n) is 7.22. The van der Waals surface area contributed by atoms with E-state index in [4.69, 9.17) is 9.47 Å². The summed E-state index contributed by atoms with van der Waals surface area (Å²) in [4.78, 5) is 2.54. The quantitative estimate of drug-likeness (QED) is 0.669. The maximum absolute atomic E-state index is 5.24. The second-order valence-corrected chi connectivity index (χ2v) is 5.12. The van der Waals surface area contributed by atoms with E-state index in [1.54, 1.807) is 14.2 Å². The van der Waals surface area contributed by atoms with Crippen LogP contribution in [0.5, 0.6) is 0 Å². The fraction of sp³-hybridized carbons (Fsp3) is 1.00. The molecule has 1 N–H and O–H groups in total. The normalized spacial score (nSPS) is 25.3. The summed E-state index contributed by atoms with van der Waals surface area (Å²) >= 11 is 0. The number of nitrogens with zero attached hydrogens (tertiary/aromatic N) is 1. The molecule has 4 nitrogen and oxygen atoms in total. The van der Waals surface area contributed by atoms with Gasteiger partial charge >= 0.3 is 0 Å². The van der Waals surface area contributed by atoms with Gasteiger partial charge in [-0.15, -0.1) is 0 Å². The summed E-state index contributed by atoms with van der Waals surface area (Å²) in [6.07, 6.45) is 6.65. The molecule has 2 atom stereocenters. The lowest BCUT2D eigenvalue weighted by Crippen LogP contribution is -2.50. The van der Waals surface area contributed by atoms with Crippen LogP contribution in [0.2, 0.25) is 0 Å². The van der Waals surface area contributed by atoms with Crippen molar-refractivity contribution >= 4 is 0 Å². The Labute approximate surface area is 112 Å². The van der Waals surface area contributed by atoms with Crippen molar-refractivity contribution in [2.75, 3.05) is 47.6 Å². The smallest absolute Gasteiger partial charge is 0.0589 e. The summed E-state index contributed by atoms with van der Waals surface area (Å²) in [6.45, 7) is 3.61. The van der Waals surface area contributed by atoms with Gasteiger partial charge in [-0.25, -0.2) is 0 Å². The molecule has 0 aromatic heterocycles. The molecule has 0 aromatic rings. The first kappa shape index (κ1) is 15.9. The molecule has 108 valence electrons. The van der Waals surface area contributed by atoms with E-state index in [-0.39, 0.29) is 0 Å². The van der Waals surface area contributed by atoms with E-state index >= 15 is 0 Å². The van der Waals surface area contributed by atoms with Gasteiger partial charge in [-0.1, -0.05) is 19.3 Å². The molecular formula is C14H30N2O2. The van der Waals surface area contributed by atoms with E-state index in [1.807, 2.05) is 0 Å². The molecule has 0 spiro atoms. The third-order valence-corrected chi connectivity index (χ3v) is 3.98. The summed E-state index contributed by atoms with van der Waals surface area (Å²) in [6, 6.07) is 1.24. The van der Waals surface area contributed by atoms with E-state index in [2.05, 4.69) is 17.3 Å². The molecule has 1 aliphatic carbocycles. The van der Waals surface area contributed by atoms with Crippen molar-refractivity contribution in [1.82, 2.24) is 10.2 Å². The van der Waals surface area contributed by atoms with Crippen LogP contribution in [0.15, 0.2) is 0 Å². The number of nitrogens with one attached hydrogen (secondary N) is 1. The monoisotopic (exact) mass is 258 g/mol. The van der Waals surface area contributed by atoms with Gasteiger partial charge in [-0.2, -0.15) is 0 Å². The molecule has 18 heavy (non-hydrogen) atoms. The Morgan fingerprint density at radius 2 is 1.61 bits per heavy atom. The molecule has 0 aromatic carbocycles. The maximum Gasteiger partial charge on any atom is 0.0589 e. The summed E-state index contributed by atoms with van der Waals surface area (Å²) in [7, 11) is 5.64. The van der Waals surface area contributed by atoms with Crippen LogP contribution in [0.1, 0.15) is 32.1 Å². The van der Waals surface area contributed by atoms with E-state index in [0.717, 1.165) is 26.3 Å². The van der Waals surface area contributed by atoms with Gasteiger partial charge < -0.3 is 14.8 Å². The molecule has 0 heterocycles. The van der Waals surface area contributed by atoms with E-state index in [1.165, 1.54) is 32.1 Å². The summed E-state index contributed by atoms with van der Waals surface area (Å²) < 4.78 is 10.5. The zero-order valence-electron chi connectivity index (χ0n) is 12.3. The molecule has 1 rings (SSSR count). The van der Waals surface area contributed by atoms with Gasteiger partial charge in [0.1, 0.15) is 0 Å². The van der Waals surface area contributed by atoms with Crippen molar-refractivity contribution in [3.05, 3.63) is 0 Å². The van der Waals surface area contributed by atoms with Crippen molar-refractivity contribution in [1.29, 1.82) is 0 Å². The highest BCUT2D eigenvalue weighted by molar-refractivity contribution is 4.86. The first-order chi connectivity index (χ1) is 8.83. The number of hydrogen-bond donors (Lipinski definition) is 1. The number of hydrogen-bond acceptors (Lipinski definition) is 4. The average Bonchev–Trinajstić information content (AvgIpc) is 2.64. The van der Waals surface area contributed by atoms with Crippen molar-refractivity contribution in [3.63, 3.8) is 0 Å². The Hall–Kier alpha value is -0.160.